The summed E-state index contributed by atoms with van der Waals surface area (Å²) in [6.07, 6.45) is 2.26. The largest absolute Gasteiger partial charge is 0.478 e. The van der Waals surface area contributed by atoms with Gasteiger partial charge in [0.25, 0.3) is 0 Å². The zero-order valence-electron chi connectivity index (χ0n) is 14.8. The van der Waals surface area contributed by atoms with E-state index in [1.54, 1.807) is 0 Å². The molecule has 146 valence electrons. The van der Waals surface area contributed by atoms with Gasteiger partial charge in [0.1, 0.15) is 12.2 Å². The Bertz CT molecular complexity index is 714. The number of carboxylic acids is 1. The van der Waals surface area contributed by atoms with Crippen molar-refractivity contribution in [1.29, 1.82) is 0 Å². The molecule has 0 rings (SSSR count). The van der Waals surface area contributed by atoms with Gasteiger partial charge in [-0.25, -0.2) is 9.59 Å². The van der Waals surface area contributed by atoms with Gasteiger partial charge < -0.3 is 14.0 Å². The second-order valence-corrected chi connectivity index (χ2v) is 7.08. The molecule has 0 heterocycles. The molecule has 0 aliphatic heterocycles. The number of Topliss-reactive ketones (excluding diaryl/α,β-unsaturated/α-hetero) is 1. The molecule has 0 atom stereocenters. The van der Waals surface area contributed by atoms with Crippen LogP contribution in [0.15, 0.2) is 23.3 Å². The number of allylic oxidation sites excluding steroid dienone is 1. The number of carbonyl (C=O) groups is 4. The van der Waals surface area contributed by atoms with Crippen LogP contribution in [0, 0.1) is 0 Å². The normalized spacial score (nSPS) is 12.4. The van der Waals surface area contributed by atoms with Crippen molar-refractivity contribution in [2.45, 2.75) is 40.0 Å². The minimum Gasteiger partial charge on any atom is -0.478 e. The molecule has 0 radical (unpaired) electrons. The molecule has 0 unspecified atom stereocenters. The van der Waals surface area contributed by atoms with E-state index in [0.29, 0.717) is 0 Å². The van der Waals surface area contributed by atoms with E-state index in [9.17, 15) is 27.6 Å². The molecular weight excluding hydrogens is 368 g/mol. The van der Waals surface area contributed by atoms with E-state index >= 15 is 0 Å². The van der Waals surface area contributed by atoms with Crippen LogP contribution >= 0.6 is 0 Å². The van der Waals surface area contributed by atoms with E-state index in [4.69, 9.17) is 9.84 Å². The third-order valence-corrected chi connectivity index (χ3v) is 4.05. The monoisotopic (exact) mass is 390 g/mol. The van der Waals surface area contributed by atoms with Gasteiger partial charge in [0.05, 0.1) is 12.4 Å². The molecule has 10 heteroatoms. The number of rotatable bonds is 11. The van der Waals surface area contributed by atoms with E-state index in [1.165, 1.54) is 32.9 Å². The highest BCUT2D eigenvalue weighted by atomic mass is 32.2. The van der Waals surface area contributed by atoms with E-state index in [0.717, 1.165) is 0 Å². The molecule has 1 N–H and O–H groups in total. The van der Waals surface area contributed by atoms with Crippen LogP contribution in [0.5, 0.6) is 0 Å². The zero-order valence-corrected chi connectivity index (χ0v) is 15.6. The molecule has 0 aromatic heterocycles. The molecule has 26 heavy (non-hydrogen) atoms. The molecule has 0 aromatic rings. The van der Waals surface area contributed by atoms with E-state index in [1.807, 2.05) is 0 Å². The molecule has 0 saturated heterocycles. The lowest BCUT2D eigenvalue weighted by molar-refractivity contribution is -0.145. The van der Waals surface area contributed by atoms with Crippen molar-refractivity contribution in [3.63, 3.8) is 0 Å². The smallest absolute Gasteiger partial charge is 0.349 e. The number of carboxylic acid groups (broad SMARTS) is 1. The van der Waals surface area contributed by atoms with Gasteiger partial charge in [0.15, 0.2) is 0 Å². The van der Waals surface area contributed by atoms with Crippen molar-refractivity contribution in [3.05, 3.63) is 23.3 Å². The van der Waals surface area contributed by atoms with Gasteiger partial charge in [-0.2, -0.15) is 8.42 Å². The van der Waals surface area contributed by atoms with Gasteiger partial charge in [-0.15, -0.1) is 0 Å². The molecule has 0 amide bonds. The number of ketones is 1. The Labute approximate surface area is 151 Å². The quantitative estimate of drug-likeness (QED) is 0.181. The van der Waals surface area contributed by atoms with Gasteiger partial charge in [-0.05, 0) is 27.2 Å². The van der Waals surface area contributed by atoms with Gasteiger partial charge >= 0.3 is 28.0 Å². The Morgan fingerprint density at radius 3 is 2.08 bits per heavy atom. The van der Waals surface area contributed by atoms with Gasteiger partial charge in [0.2, 0.25) is 0 Å². The number of ether oxygens (including phenoxy) is 1. The van der Waals surface area contributed by atoms with Crippen molar-refractivity contribution >= 4 is 33.8 Å². The van der Waals surface area contributed by atoms with Crippen molar-refractivity contribution < 1.29 is 41.6 Å². The predicted molar refractivity (Wildman–Crippen MR) is 90.5 cm³/mol. The topological polar surface area (TPSA) is 141 Å². The third kappa shape index (κ3) is 11.1. The Hall–Kier alpha value is -2.49. The fourth-order valence-electron chi connectivity index (χ4n) is 1.52. The zero-order chi connectivity index (χ0) is 20.3. The molecule has 9 nitrogen and oxygen atoms in total. The van der Waals surface area contributed by atoms with Crippen LogP contribution in [-0.4, -0.2) is 49.6 Å². The third-order valence-electron chi connectivity index (χ3n) is 2.91. The number of carbonyl (C=O) groups excluding carboxylic acids is 3. The summed E-state index contributed by atoms with van der Waals surface area (Å²) in [5.74, 6) is -3.79. The minimum absolute atomic E-state index is 0.00782. The van der Waals surface area contributed by atoms with Crippen molar-refractivity contribution in [2.24, 2.45) is 0 Å². The summed E-state index contributed by atoms with van der Waals surface area (Å²) in [7, 11) is -4.16. The summed E-state index contributed by atoms with van der Waals surface area (Å²) in [6.45, 7) is 3.84. The standard InChI is InChI=1S/C16H22O9S/c1-11(15(19)20)7-5-9-26(22,23)25-16(21)12(2)6-4-8-24-14(18)10-13(3)17/h6-7H,4-5,8-10H2,1-3H3,(H,19,20). The maximum atomic E-state index is 11.7. The van der Waals surface area contributed by atoms with Crippen molar-refractivity contribution in [2.75, 3.05) is 12.4 Å². The van der Waals surface area contributed by atoms with Crippen molar-refractivity contribution in [3.8, 4) is 0 Å². The maximum Gasteiger partial charge on any atom is 0.349 e. The van der Waals surface area contributed by atoms with E-state index in [-0.39, 0.29) is 42.8 Å². The van der Waals surface area contributed by atoms with Crippen LogP contribution in [0.3, 0.4) is 0 Å². The highest BCUT2D eigenvalue weighted by molar-refractivity contribution is 7.87. The molecular formula is C16H22O9S. The highest BCUT2D eigenvalue weighted by Crippen LogP contribution is 2.06. The average Bonchev–Trinajstić information content (AvgIpc) is 2.49. The van der Waals surface area contributed by atoms with Crippen LogP contribution in [0.4, 0.5) is 0 Å². The lowest BCUT2D eigenvalue weighted by Crippen LogP contribution is -2.17. The fraction of sp³-hybridized carbons (Fsp3) is 0.500. The predicted octanol–water partition coefficient (Wildman–Crippen LogP) is 1.14. The van der Waals surface area contributed by atoms with Crippen molar-refractivity contribution in [1.82, 2.24) is 0 Å². The van der Waals surface area contributed by atoms with Gasteiger partial charge in [-0.1, -0.05) is 12.2 Å². The van der Waals surface area contributed by atoms with Gasteiger partial charge in [-0.3, -0.25) is 9.59 Å². The lowest BCUT2D eigenvalue weighted by atomic mass is 10.2. The van der Waals surface area contributed by atoms with Crippen LogP contribution in [0.2, 0.25) is 0 Å². The lowest BCUT2D eigenvalue weighted by Gasteiger charge is -2.05. The molecule has 0 spiro atoms. The van der Waals surface area contributed by atoms with Crippen LogP contribution < -0.4 is 0 Å². The molecule has 0 aliphatic carbocycles. The summed E-state index contributed by atoms with van der Waals surface area (Å²) >= 11 is 0. The molecule has 0 aromatic carbocycles. The molecule has 0 aliphatic rings. The second kappa shape index (κ2) is 11.2. The number of aliphatic carboxylic acids is 1. The van der Waals surface area contributed by atoms with Crippen LogP contribution in [0.25, 0.3) is 0 Å². The molecule has 0 bridgehead atoms. The van der Waals surface area contributed by atoms with E-state index < -0.39 is 33.8 Å². The Balaban J connectivity index is 4.42. The first kappa shape index (κ1) is 23.5. The molecule has 0 fully saturated rings. The first-order valence-electron chi connectivity index (χ1n) is 7.63. The Kier molecular flexibility index (Phi) is 10.1. The Morgan fingerprint density at radius 1 is 0.962 bits per heavy atom. The number of hydrogen-bond donors (Lipinski definition) is 1. The average molecular weight is 390 g/mol. The summed E-state index contributed by atoms with van der Waals surface area (Å²) in [4.78, 5) is 44.1. The maximum absolute atomic E-state index is 11.7. The molecule has 0 saturated carbocycles. The summed E-state index contributed by atoms with van der Waals surface area (Å²) < 4.78 is 32.5. The van der Waals surface area contributed by atoms with Crippen LogP contribution in [-0.2, 0) is 38.2 Å². The number of hydrogen-bond acceptors (Lipinski definition) is 8. The Morgan fingerprint density at radius 2 is 1.54 bits per heavy atom. The second-order valence-electron chi connectivity index (χ2n) is 5.39. The summed E-state index contributed by atoms with van der Waals surface area (Å²) in [5, 5.41) is 8.65. The SMILES string of the molecule is CC(=O)CC(=O)OCCC=C(C)C(=O)OS(=O)(=O)CCC=C(C)C(=O)O. The van der Waals surface area contributed by atoms with Gasteiger partial charge in [0, 0.05) is 17.6 Å². The highest BCUT2D eigenvalue weighted by Gasteiger charge is 2.18. The minimum atomic E-state index is -4.16. The van der Waals surface area contributed by atoms with Crippen LogP contribution in [0.1, 0.15) is 40.0 Å². The van der Waals surface area contributed by atoms with E-state index in [2.05, 4.69) is 4.18 Å². The fourth-order valence-corrected chi connectivity index (χ4v) is 2.37. The first-order chi connectivity index (χ1) is 11.9. The summed E-state index contributed by atoms with van der Waals surface area (Å²) in [6, 6.07) is 0. The first-order valence-corrected chi connectivity index (χ1v) is 9.20. The number of esters is 1. The summed E-state index contributed by atoms with van der Waals surface area (Å²) in [5.41, 5.74) is -0.00428.